The van der Waals surface area contributed by atoms with Crippen LogP contribution < -0.4 is 5.56 Å². The predicted octanol–water partition coefficient (Wildman–Crippen LogP) is 2.53. The number of hydrogen-bond donors (Lipinski definition) is 0. The summed E-state index contributed by atoms with van der Waals surface area (Å²) < 4.78 is 21.1. The predicted molar refractivity (Wildman–Crippen MR) is 105 cm³/mol. The Kier molecular flexibility index (Phi) is 5.17. The summed E-state index contributed by atoms with van der Waals surface area (Å²) in [5.74, 6) is -0.754. The number of hydrogen-bond acceptors (Lipinski definition) is 7. The van der Waals surface area contributed by atoms with Crippen molar-refractivity contribution in [3.63, 3.8) is 0 Å². The Labute approximate surface area is 168 Å². The van der Waals surface area contributed by atoms with Gasteiger partial charge in [0, 0.05) is 24.5 Å². The summed E-state index contributed by atoms with van der Waals surface area (Å²) in [5.41, 5.74) is 1.65. The molecule has 8 nitrogen and oxygen atoms in total. The molecule has 0 aliphatic rings. The van der Waals surface area contributed by atoms with Gasteiger partial charge in [0.15, 0.2) is 5.65 Å². The molecule has 0 saturated carbocycles. The van der Waals surface area contributed by atoms with Gasteiger partial charge in [0.05, 0.1) is 24.6 Å². The first-order chi connectivity index (χ1) is 14.0. The lowest BCUT2D eigenvalue weighted by Crippen LogP contribution is -2.22. The normalized spacial score (nSPS) is 11.1. The van der Waals surface area contributed by atoms with Crippen LogP contribution in [0.3, 0.4) is 0 Å². The third-order valence-corrected chi connectivity index (χ3v) is 5.24. The number of aromatic nitrogens is 5. The molecule has 0 fully saturated rings. The van der Waals surface area contributed by atoms with E-state index in [0.717, 1.165) is 10.6 Å². The number of carbonyl (C=O) groups is 1. The van der Waals surface area contributed by atoms with E-state index in [2.05, 4.69) is 15.1 Å². The minimum atomic E-state index is -0.445. The lowest BCUT2D eigenvalue weighted by Gasteiger charge is -2.06. The van der Waals surface area contributed by atoms with E-state index in [-0.39, 0.29) is 30.9 Å². The molecule has 0 aliphatic carbocycles. The van der Waals surface area contributed by atoms with Gasteiger partial charge in [-0.1, -0.05) is 0 Å². The molecule has 148 valence electrons. The lowest BCUT2D eigenvalue weighted by molar-refractivity contribution is -0.145. The Hall–Kier alpha value is -3.40. The fourth-order valence-corrected chi connectivity index (χ4v) is 3.57. The zero-order chi connectivity index (χ0) is 20.4. The molecule has 29 heavy (non-hydrogen) atoms. The van der Waals surface area contributed by atoms with Crippen LogP contribution in [-0.4, -0.2) is 30.3 Å². The molecule has 4 aromatic rings. The van der Waals surface area contributed by atoms with Crippen molar-refractivity contribution < 1.29 is 13.9 Å². The number of fused-ring (bicyclic) bond motifs is 1. The fourth-order valence-electron chi connectivity index (χ4n) is 2.76. The Morgan fingerprint density at radius 3 is 2.86 bits per heavy atom. The monoisotopic (exact) mass is 413 g/mol. The van der Waals surface area contributed by atoms with E-state index in [4.69, 9.17) is 4.74 Å². The molecule has 0 aliphatic heterocycles. The Morgan fingerprint density at radius 1 is 1.28 bits per heavy atom. The standard InChI is InChI=1S/C19H16FN5O3S/c1-24-17-15(8-22-24)19(27)25(11-21-17)7-6-16(26)28-9-14-10-29-18(23-14)12-2-4-13(20)5-3-12/h2-5,8,10-11H,6-7,9H2,1H3. The second kappa shape index (κ2) is 7.92. The van der Waals surface area contributed by atoms with E-state index < -0.39 is 5.97 Å². The number of nitrogens with zero attached hydrogens (tertiary/aromatic N) is 5. The van der Waals surface area contributed by atoms with Crippen LogP contribution >= 0.6 is 11.3 Å². The second-order valence-electron chi connectivity index (χ2n) is 6.31. The molecule has 0 N–H and O–H groups in total. The molecule has 3 aromatic heterocycles. The molecular weight excluding hydrogens is 397 g/mol. The van der Waals surface area contributed by atoms with Crippen molar-refractivity contribution in [1.29, 1.82) is 0 Å². The van der Waals surface area contributed by atoms with Gasteiger partial charge in [0.25, 0.3) is 5.56 Å². The SMILES string of the molecule is Cn1ncc2c(=O)n(CCC(=O)OCc3csc(-c4ccc(F)cc4)n3)cnc21. The molecule has 3 heterocycles. The van der Waals surface area contributed by atoms with Crippen molar-refractivity contribution in [1.82, 2.24) is 24.3 Å². The number of halogens is 1. The zero-order valence-electron chi connectivity index (χ0n) is 15.4. The number of esters is 1. The summed E-state index contributed by atoms with van der Waals surface area (Å²) in [6, 6.07) is 6.04. The minimum Gasteiger partial charge on any atom is -0.459 e. The van der Waals surface area contributed by atoms with Gasteiger partial charge in [-0.05, 0) is 24.3 Å². The van der Waals surface area contributed by atoms with Crippen LogP contribution in [0.5, 0.6) is 0 Å². The van der Waals surface area contributed by atoms with Crippen LogP contribution in [0.15, 0.2) is 47.0 Å². The third-order valence-electron chi connectivity index (χ3n) is 4.30. The average Bonchev–Trinajstić information content (AvgIpc) is 3.34. The van der Waals surface area contributed by atoms with Gasteiger partial charge in [-0.15, -0.1) is 11.3 Å². The average molecular weight is 413 g/mol. The topological polar surface area (TPSA) is 91.9 Å². The summed E-state index contributed by atoms with van der Waals surface area (Å²) in [4.78, 5) is 33.0. The molecule has 0 radical (unpaired) electrons. The maximum absolute atomic E-state index is 13.0. The van der Waals surface area contributed by atoms with Gasteiger partial charge in [-0.25, -0.2) is 14.4 Å². The Bertz CT molecular complexity index is 1230. The first-order valence-electron chi connectivity index (χ1n) is 8.74. The number of benzene rings is 1. The molecular formula is C19H16FN5O3S. The highest BCUT2D eigenvalue weighted by molar-refractivity contribution is 7.13. The Balaban J connectivity index is 1.33. The molecule has 1 aromatic carbocycles. The molecule has 0 amide bonds. The largest absolute Gasteiger partial charge is 0.459 e. The van der Waals surface area contributed by atoms with Crippen LogP contribution in [0.4, 0.5) is 4.39 Å². The van der Waals surface area contributed by atoms with Gasteiger partial charge in [-0.2, -0.15) is 5.10 Å². The van der Waals surface area contributed by atoms with E-state index in [1.54, 1.807) is 24.6 Å². The number of carbonyl (C=O) groups excluding carboxylic acids is 1. The van der Waals surface area contributed by atoms with Crippen LogP contribution in [0.1, 0.15) is 12.1 Å². The van der Waals surface area contributed by atoms with Crippen molar-refractivity contribution in [2.75, 3.05) is 0 Å². The van der Waals surface area contributed by atoms with Crippen molar-refractivity contribution in [3.8, 4) is 10.6 Å². The van der Waals surface area contributed by atoms with Crippen LogP contribution in [-0.2, 0) is 29.7 Å². The Morgan fingerprint density at radius 2 is 2.07 bits per heavy atom. The molecule has 0 spiro atoms. The summed E-state index contributed by atoms with van der Waals surface area (Å²) in [6.07, 6.45) is 2.89. The number of rotatable bonds is 6. The van der Waals surface area contributed by atoms with E-state index in [0.29, 0.717) is 16.7 Å². The molecule has 0 bridgehead atoms. The molecule has 4 rings (SSSR count). The summed E-state index contributed by atoms with van der Waals surface area (Å²) in [6.45, 7) is 0.193. The first kappa shape index (κ1) is 18.9. The minimum absolute atomic E-state index is 0.0301. The van der Waals surface area contributed by atoms with Crippen molar-refractivity contribution in [2.45, 2.75) is 19.6 Å². The van der Waals surface area contributed by atoms with Crippen molar-refractivity contribution in [3.05, 3.63) is 64.0 Å². The zero-order valence-corrected chi connectivity index (χ0v) is 16.2. The number of aryl methyl sites for hydroxylation is 2. The highest BCUT2D eigenvalue weighted by Gasteiger charge is 2.11. The van der Waals surface area contributed by atoms with E-state index >= 15 is 0 Å². The van der Waals surface area contributed by atoms with Gasteiger partial charge in [0.1, 0.15) is 22.8 Å². The van der Waals surface area contributed by atoms with Crippen molar-refractivity contribution in [2.24, 2.45) is 7.05 Å². The van der Waals surface area contributed by atoms with Gasteiger partial charge >= 0.3 is 5.97 Å². The summed E-state index contributed by atoms with van der Waals surface area (Å²) in [5, 5.41) is 6.92. The second-order valence-corrected chi connectivity index (χ2v) is 7.17. The summed E-state index contributed by atoms with van der Waals surface area (Å²) >= 11 is 1.39. The van der Waals surface area contributed by atoms with Gasteiger partial charge < -0.3 is 4.74 Å². The lowest BCUT2D eigenvalue weighted by atomic mass is 10.2. The molecule has 10 heteroatoms. The third kappa shape index (κ3) is 4.06. The van der Waals surface area contributed by atoms with Crippen LogP contribution in [0.25, 0.3) is 21.6 Å². The van der Waals surface area contributed by atoms with Crippen molar-refractivity contribution >= 4 is 28.3 Å². The van der Waals surface area contributed by atoms with E-state index in [1.807, 2.05) is 0 Å². The summed E-state index contributed by atoms with van der Waals surface area (Å²) in [7, 11) is 1.70. The number of thiazole rings is 1. The highest BCUT2D eigenvalue weighted by atomic mass is 32.1. The maximum Gasteiger partial charge on any atom is 0.307 e. The van der Waals surface area contributed by atoms with Crippen LogP contribution in [0, 0.1) is 5.82 Å². The molecule has 0 unspecified atom stereocenters. The number of ether oxygens (including phenoxy) is 1. The smallest absolute Gasteiger partial charge is 0.307 e. The quantitative estimate of drug-likeness (QED) is 0.451. The van der Waals surface area contributed by atoms with E-state index in [9.17, 15) is 14.0 Å². The highest BCUT2D eigenvalue weighted by Crippen LogP contribution is 2.24. The first-order valence-corrected chi connectivity index (χ1v) is 9.62. The van der Waals surface area contributed by atoms with E-state index in [1.165, 1.54) is 45.2 Å². The van der Waals surface area contributed by atoms with Crippen LogP contribution in [0.2, 0.25) is 0 Å². The molecule has 0 saturated heterocycles. The molecule has 0 atom stereocenters. The fraction of sp³-hybridized carbons (Fsp3) is 0.211. The van der Waals surface area contributed by atoms with Gasteiger partial charge in [-0.3, -0.25) is 18.8 Å². The van der Waals surface area contributed by atoms with Gasteiger partial charge in [0.2, 0.25) is 0 Å². The maximum atomic E-state index is 13.0.